The first-order valence-corrected chi connectivity index (χ1v) is 11.5. The number of carbonyl (C=O) groups excluding carboxylic acids is 2. The van der Waals surface area contributed by atoms with Crippen LogP contribution in [0.5, 0.6) is 5.75 Å². The van der Waals surface area contributed by atoms with Crippen LogP contribution >= 0.6 is 0 Å². The van der Waals surface area contributed by atoms with E-state index in [0.29, 0.717) is 43.2 Å². The quantitative estimate of drug-likeness (QED) is 0.385. The molecule has 1 aliphatic rings. The monoisotopic (exact) mass is 450 g/mol. The van der Waals surface area contributed by atoms with Crippen LogP contribution in [0.2, 0.25) is 0 Å². The van der Waals surface area contributed by atoms with Crippen LogP contribution in [0.3, 0.4) is 0 Å². The van der Waals surface area contributed by atoms with Crippen LogP contribution in [-0.4, -0.2) is 43.6 Å². The van der Waals surface area contributed by atoms with Gasteiger partial charge in [0.05, 0.1) is 18.4 Å². The number of rotatable bonds is 11. The molecule has 33 heavy (non-hydrogen) atoms. The van der Waals surface area contributed by atoms with E-state index < -0.39 is 0 Å². The Hall–Kier alpha value is -3.12. The number of ether oxygens (including phenoxy) is 2. The third-order valence-electron chi connectivity index (χ3n) is 5.89. The Bertz CT molecular complexity index is 1060. The molecular weight excluding hydrogens is 416 g/mol. The summed E-state index contributed by atoms with van der Waals surface area (Å²) in [5, 5.41) is 3.22. The number of nitrogens with one attached hydrogen (secondary N) is 1. The van der Waals surface area contributed by atoms with Crippen molar-refractivity contribution in [1.29, 1.82) is 0 Å². The normalized spacial score (nSPS) is 13.8. The fourth-order valence-corrected chi connectivity index (χ4v) is 3.79. The Kier molecular flexibility index (Phi) is 8.28. The van der Waals surface area contributed by atoms with Gasteiger partial charge in [-0.05, 0) is 68.0 Å². The zero-order valence-corrected chi connectivity index (χ0v) is 20.3. The maximum Gasteiger partial charge on any atom is 0.278 e. The lowest BCUT2D eigenvalue weighted by molar-refractivity contribution is -0.137. The first kappa shape index (κ1) is 24.5. The molecule has 0 bridgehead atoms. The van der Waals surface area contributed by atoms with Gasteiger partial charge in [-0.2, -0.15) is 0 Å². The molecule has 0 aromatic heterocycles. The number of carbonyl (C=O) groups is 2. The Balaban J connectivity index is 1.92. The number of hydrogen-bond acceptors (Lipinski definition) is 5. The van der Waals surface area contributed by atoms with Gasteiger partial charge in [-0.15, -0.1) is 0 Å². The van der Waals surface area contributed by atoms with E-state index in [0.717, 1.165) is 35.1 Å². The predicted octanol–water partition coefficient (Wildman–Crippen LogP) is 5.02. The molecule has 0 radical (unpaired) electrons. The van der Waals surface area contributed by atoms with E-state index >= 15 is 0 Å². The highest BCUT2D eigenvalue weighted by molar-refractivity contribution is 6.36. The van der Waals surface area contributed by atoms with Gasteiger partial charge in [-0.25, -0.2) is 0 Å². The molecule has 3 rings (SSSR count). The van der Waals surface area contributed by atoms with E-state index in [4.69, 9.17) is 9.47 Å². The molecule has 1 N–H and O–H groups in total. The molecule has 1 heterocycles. The number of benzene rings is 2. The topological polar surface area (TPSA) is 67.9 Å². The molecule has 0 saturated carbocycles. The van der Waals surface area contributed by atoms with Crippen molar-refractivity contribution >= 4 is 23.1 Å². The van der Waals surface area contributed by atoms with E-state index in [1.165, 1.54) is 4.90 Å². The minimum Gasteiger partial charge on any atom is -0.495 e. The zero-order valence-electron chi connectivity index (χ0n) is 20.3. The highest BCUT2D eigenvalue weighted by atomic mass is 16.5. The first-order valence-electron chi connectivity index (χ1n) is 11.5. The van der Waals surface area contributed by atoms with Gasteiger partial charge >= 0.3 is 0 Å². The third kappa shape index (κ3) is 5.63. The summed E-state index contributed by atoms with van der Waals surface area (Å²) in [5.41, 5.74) is 5.26. The summed E-state index contributed by atoms with van der Waals surface area (Å²) in [4.78, 5) is 28.2. The second-order valence-corrected chi connectivity index (χ2v) is 8.46. The molecule has 0 unspecified atom stereocenters. The van der Waals surface area contributed by atoms with Gasteiger partial charge in [0.1, 0.15) is 11.4 Å². The summed E-state index contributed by atoms with van der Waals surface area (Å²) in [7, 11) is 1.58. The lowest BCUT2D eigenvalue weighted by Crippen LogP contribution is -2.34. The van der Waals surface area contributed by atoms with Gasteiger partial charge in [0.15, 0.2) is 0 Å². The van der Waals surface area contributed by atoms with Gasteiger partial charge < -0.3 is 14.8 Å². The minimum absolute atomic E-state index is 0.277. The molecule has 1 aliphatic heterocycles. The molecule has 6 nitrogen and oxygen atoms in total. The average Bonchev–Trinajstić information content (AvgIpc) is 3.02. The van der Waals surface area contributed by atoms with Crippen molar-refractivity contribution in [2.45, 2.75) is 47.0 Å². The molecule has 0 fully saturated rings. The van der Waals surface area contributed by atoms with Gasteiger partial charge in [0, 0.05) is 19.8 Å². The molecule has 0 saturated heterocycles. The number of methoxy groups -OCH3 is 1. The van der Waals surface area contributed by atoms with Crippen molar-refractivity contribution in [3.05, 3.63) is 64.3 Å². The lowest BCUT2D eigenvalue weighted by atomic mass is 9.99. The number of unbranched alkanes of at least 4 members (excludes halogenated alkanes) is 1. The number of nitrogens with zero attached hydrogens (tertiary/aromatic N) is 1. The Morgan fingerprint density at radius 3 is 2.36 bits per heavy atom. The van der Waals surface area contributed by atoms with E-state index in [-0.39, 0.29) is 17.5 Å². The molecule has 176 valence electrons. The zero-order chi connectivity index (χ0) is 24.0. The van der Waals surface area contributed by atoms with Crippen molar-refractivity contribution in [2.75, 3.05) is 32.2 Å². The number of amides is 2. The number of anilines is 1. The molecule has 6 heteroatoms. The summed E-state index contributed by atoms with van der Waals surface area (Å²) in [6.45, 7) is 9.64. The van der Waals surface area contributed by atoms with Crippen LogP contribution in [0, 0.1) is 20.8 Å². The van der Waals surface area contributed by atoms with Gasteiger partial charge in [0.25, 0.3) is 11.8 Å². The number of hydrogen-bond donors (Lipinski definition) is 1. The first-order chi connectivity index (χ1) is 15.9. The highest BCUT2D eigenvalue weighted by Gasteiger charge is 2.39. The summed E-state index contributed by atoms with van der Waals surface area (Å²) in [6, 6.07) is 11.5. The third-order valence-corrected chi connectivity index (χ3v) is 5.89. The van der Waals surface area contributed by atoms with E-state index in [9.17, 15) is 9.59 Å². The maximum atomic E-state index is 13.4. The van der Waals surface area contributed by atoms with Crippen molar-refractivity contribution in [2.24, 2.45) is 0 Å². The summed E-state index contributed by atoms with van der Waals surface area (Å²) >= 11 is 0. The summed E-state index contributed by atoms with van der Waals surface area (Å²) in [6.07, 6.45) is 2.68. The second kappa shape index (κ2) is 11.1. The molecule has 0 aliphatic carbocycles. The number of aryl methyl sites for hydroxylation is 3. The smallest absolute Gasteiger partial charge is 0.278 e. The van der Waals surface area contributed by atoms with Crippen molar-refractivity contribution in [3.8, 4) is 5.75 Å². The van der Waals surface area contributed by atoms with Crippen LogP contribution in [0.15, 0.2) is 42.1 Å². The summed E-state index contributed by atoms with van der Waals surface area (Å²) in [5.74, 6) is -0.00756. The largest absolute Gasteiger partial charge is 0.495 e. The Labute approximate surface area is 196 Å². The van der Waals surface area contributed by atoms with Crippen LogP contribution in [0.4, 0.5) is 5.69 Å². The fraction of sp³-hybridized carbons (Fsp3) is 0.407. The molecule has 0 spiro atoms. The predicted molar refractivity (Wildman–Crippen MR) is 131 cm³/mol. The van der Waals surface area contributed by atoms with Crippen molar-refractivity contribution < 1.29 is 19.1 Å². The molecular formula is C27H34N2O4. The highest BCUT2D eigenvalue weighted by Crippen LogP contribution is 2.34. The van der Waals surface area contributed by atoms with E-state index in [1.54, 1.807) is 7.11 Å². The van der Waals surface area contributed by atoms with Crippen LogP contribution < -0.4 is 10.1 Å². The van der Waals surface area contributed by atoms with Crippen LogP contribution in [0.1, 0.15) is 48.4 Å². The van der Waals surface area contributed by atoms with Crippen molar-refractivity contribution in [1.82, 2.24) is 4.90 Å². The second-order valence-electron chi connectivity index (χ2n) is 8.46. The van der Waals surface area contributed by atoms with Crippen LogP contribution in [0.25, 0.3) is 5.57 Å². The van der Waals surface area contributed by atoms with E-state index in [1.807, 2.05) is 57.2 Å². The Morgan fingerprint density at radius 1 is 0.909 bits per heavy atom. The molecule has 2 aromatic rings. The lowest BCUT2D eigenvalue weighted by Gasteiger charge is -2.16. The van der Waals surface area contributed by atoms with Crippen LogP contribution in [-0.2, 0) is 14.3 Å². The molecule has 2 amide bonds. The Morgan fingerprint density at radius 2 is 1.67 bits per heavy atom. The SMILES string of the molecule is CCCCOCCCN1C(=O)C(Nc2cc(C)ccc2OC)=C(c2ccc(C)c(C)c2)C1=O. The minimum atomic E-state index is -0.328. The summed E-state index contributed by atoms with van der Waals surface area (Å²) < 4.78 is 11.1. The molecule has 2 aromatic carbocycles. The number of imide groups is 1. The van der Waals surface area contributed by atoms with Gasteiger partial charge in [0.2, 0.25) is 0 Å². The average molecular weight is 451 g/mol. The van der Waals surface area contributed by atoms with E-state index in [2.05, 4.69) is 12.2 Å². The van der Waals surface area contributed by atoms with Gasteiger partial charge in [-0.3, -0.25) is 14.5 Å². The maximum absolute atomic E-state index is 13.4. The van der Waals surface area contributed by atoms with Gasteiger partial charge in [-0.1, -0.05) is 37.6 Å². The molecule has 0 atom stereocenters. The standard InChI is InChI=1S/C27H34N2O4/c1-6-7-14-33-15-8-13-29-26(30)24(21-11-10-19(3)20(4)17-21)25(27(29)31)28-22-16-18(2)9-12-23(22)32-5/h9-12,16-17,28H,6-8,13-15H2,1-5H3. The van der Waals surface area contributed by atoms with Crippen molar-refractivity contribution in [3.63, 3.8) is 0 Å². The fourth-order valence-electron chi connectivity index (χ4n) is 3.79.